The molecule has 2 aromatic carbocycles. The summed E-state index contributed by atoms with van der Waals surface area (Å²) >= 11 is 5.94. The predicted octanol–water partition coefficient (Wildman–Crippen LogP) is 3.63. The fourth-order valence-electron chi connectivity index (χ4n) is 2.06. The number of hydrogen-bond donors (Lipinski definition) is 2. The van der Waals surface area contributed by atoms with E-state index in [-0.39, 0.29) is 11.3 Å². The third-order valence-electron chi connectivity index (χ3n) is 3.51. The van der Waals surface area contributed by atoms with Gasteiger partial charge in [0.1, 0.15) is 0 Å². The van der Waals surface area contributed by atoms with Crippen LogP contribution in [0.4, 0.5) is 5.69 Å². The zero-order chi connectivity index (χ0) is 15.5. The fourth-order valence-corrected chi connectivity index (χ4v) is 2.24. The van der Waals surface area contributed by atoms with Crippen LogP contribution < -0.4 is 11.1 Å². The van der Waals surface area contributed by atoms with Crippen LogP contribution in [0.5, 0.6) is 0 Å². The van der Waals surface area contributed by atoms with Crippen molar-refractivity contribution in [1.29, 1.82) is 0 Å². The Balaban J connectivity index is 2.05. The molecule has 0 saturated heterocycles. The van der Waals surface area contributed by atoms with E-state index in [1.165, 1.54) is 5.56 Å². The zero-order valence-electron chi connectivity index (χ0n) is 12.2. The molecule has 0 radical (unpaired) electrons. The monoisotopic (exact) mass is 302 g/mol. The maximum atomic E-state index is 12.2. The van der Waals surface area contributed by atoms with E-state index in [1.807, 2.05) is 18.2 Å². The Morgan fingerprint density at radius 2 is 1.86 bits per heavy atom. The second-order valence-electron chi connectivity index (χ2n) is 5.67. The minimum absolute atomic E-state index is 0.144. The highest BCUT2D eigenvalue weighted by Gasteiger charge is 2.21. The van der Waals surface area contributed by atoms with Crippen LogP contribution in [0.3, 0.4) is 0 Å². The van der Waals surface area contributed by atoms with Crippen molar-refractivity contribution in [2.75, 3.05) is 12.3 Å². The van der Waals surface area contributed by atoms with Crippen LogP contribution in [0, 0.1) is 0 Å². The van der Waals surface area contributed by atoms with Crippen LogP contribution in [-0.4, -0.2) is 12.5 Å². The van der Waals surface area contributed by atoms with Crippen molar-refractivity contribution in [2.24, 2.45) is 0 Å². The lowest BCUT2D eigenvalue weighted by Gasteiger charge is -2.25. The molecule has 110 valence electrons. The lowest BCUT2D eigenvalue weighted by Crippen LogP contribution is -2.36. The van der Waals surface area contributed by atoms with E-state index in [0.717, 1.165) is 0 Å². The van der Waals surface area contributed by atoms with Gasteiger partial charge in [0.2, 0.25) is 0 Å². The summed E-state index contributed by atoms with van der Waals surface area (Å²) in [5.41, 5.74) is 7.66. The first-order chi connectivity index (χ1) is 9.90. The first-order valence-electron chi connectivity index (χ1n) is 6.79. The number of hydrogen-bond acceptors (Lipinski definition) is 2. The highest BCUT2D eigenvalue weighted by molar-refractivity contribution is 6.33. The van der Waals surface area contributed by atoms with Crippen LogP contribution in [0.2, 0.25) is 5.02 Å². The van der Waals surface area contributed by atoms with Crippen molar-refractivity contribution in [3.05, 3.63) is 64.7 Å². The second kappa shape index (κ2) is 6.19. The van der Waals surface area contributed by atoms with Crippen LogP contribution in [0.1, 0.15) is 29.8 Å². The number of benzene rings is 2. The Bertz CT molecular complexity index is 638. The van der Waals surface area contributed by atoms with Gasteiger partial charge in [0.25, 0.3) is 5.91 Å². The molecule has 4 heteroatoms. The normalized spacial score (nSPS) is 11.2. The largest absolute Gasteiger partial charge is 0.398 e. The highest BCUT2D eigenvalue weighted by Crippen LogP contribution is 2.23. The molecule has 0 fully saturated rings. The molecule has 0 aliphatic heterocycles. The van der Waals surface area contributed by atoms with E-state index >= 15 is 0 Å². The minimum Gasteiger partial charge on any atom is -0.398 e. The SMILES string of the molecule is CC(C)(CNC(=O)c1ccc(N)c(Cl)c1)c1ccccc1. The Kier molecular flexibility index (Phi) is 4.53. The summed E-state index contributed by atoms with van der Waals surface area (Å²) < 4.78 is 0. The van der Waals surface area contributed by atoms with Crippen LogP contribution >= 0.6 is 11.6 Å². The van der Waals surface area contributed by atoms with E-state index in [9.17, 15) is 4.79 Å². The van der Waals surface area contributed by atoms with Crippen LogP contribution in [0.25, 0.3) is 0 Å². The van der Waals surface area contributed by atoms with Crippen molar-refractivity contribution in [1.82, 2.24) is 5.32 Å². The van der Waals surface area contributed by atoms with E-state index in [2.05, 4.69) is 31.3 Å². The topological polar surface area (TPSA) is 55.1 Å². The van der Waals surface area contributed by atoms with Gasteiger partial charge in [0, 0.05) is 17.5 Å². The van der Waals surface area contributed by atoms with Crippen molar-refractivity contribution >= 4 is 23.2 Å². The first-order valence-corrected chi connectivity index (χ1v) is 7.17. The van der Waals surface area contributed by atoms with E-state index < -0.39 is 0 Å². The van der Waals surface area contributed by atoms with Gasteiger partial charge in [0.05, 0.1) is 10.7 Å². The molecule has 0 heterocycles. The summed E-state index contributed by atoms with van der Waals surface area (Å²) in [5, 5.41) is 3.34. The van der Waals surface area contributed by atoms with E-state index in [4.69, 9.17) is 17.3 Å². The quantitative estimate of drug-likeness (QED) is 0.847. The number of nitrogens with two attached hydrogens (primary N) is 1. The molecule has 0 unspecified atom stereocenters. The molecule has 0 aromatic heterocycles. The van der Waals surface area contributed by atoms with Crippen molar-refractivity contribution in [3.8, 4) is 0 Å². The number of halogens is 1. The summed E-state index contributed by atoms with van der Waals surface area (Å²) in [5.74, 6) is -0.152. The number of rotatable bonds is 4. The van der Waals surface area contributed by atoms with Crippen molar-refractivity contribution < 1.29 is 4.79 Å². The molecule has 0 spiro atoms. The molecule has 2 aromatic rings. The smallest absolute Gasteiger partial charge is 0.251 e. The lowest BCUT2D eigenvalue weighted by atomic mass is 9.84. The van der Waals surface area contributed by atoms with Gasteiger partial charge in [-0.1, -0.05) is 55.8 Å². The maximum absolute atomic E-state index is 12.2. The molecule has 21 heavy (non-hydrogen) atoms. The van der Waals surface area contributed by atoms with Crippen LogP contribution in [-0.2, 0) is 5.41 Å². The highest BCUT2D eigenvalue weighted by atomic mass is 35.5. The van der Waals surface area contributed by atoms with Crippen molar-refractivity contribution in [3.63, 3.8) is 0 Å². The molecule has 3 N–H and O–H groups in total. The van der Waals surface area contributed by atoms with Gasteiger partial charge in [-0.3, -0.25) is 4.79 Å². The molecule has 0 atom stereocenters. The van der Waals surface area contributed by atoms with Gasteiger partial charge in [-0.25, -0.2) is 0 Å². The van der Waals surface area contributed by atoms with Gasteiger partial charge in [0.15, 0.2) is 0 Å². The number of carbonyl (C=O) groups excluding carboxylic acids is 1. The molecular formula is C17H19ClN2O. The third kappa shape index (κ3) is 3.76. The van der Waals surface area contributed by atoms with Gasteiger partial charge >= 0.3 is 0 Å². The van der Waals surface area contributed by atoms with E-state index in [0.29, 0.717) is 22.8 Å². The molecule has 1 amide bonds. The predicted molar refractivity (Wildman–Crippen MR) is 87.7 cm³/mol. The molecule has 0 saturated carbocycles. The van der Waals surface area contributed by atoms with Gasteiger partial charge in [-0.15, -0.1) is 0 Å². The molecule has 3 nitrogen and oxygen atoms in total. The average molecular weight is 303 g/mol. The minimum atomic E-state index is -0.152. The number of carbonyl (C=O) groups is 1. The second-order valence-corrected chi connectivity index (χ2v) is 6.08. The molecule has 0 bridgehead atoms. The Hall–Kier alpha value is -2.00. The van der Waals surface area contributed by atoms with E-state index in [1.54, 1.807) is 18.2 Å². The van der Waals surface area contributed by atoms with Gasteiger partial charge < -0.3 is 11.1 Å². The molecular weight excluding hydrogens is 284 g/mol. The maximum Gasteiger partial charge on any atom is 0.251 e. The summed E-state index contributed by atoms with van der Waals surface area (Å²) in [4.78, 5) is 12.2. The summed E-state index contributed by atoms with van der Waals surface area (Å²) in [6.07, 6.45) is 0. The van der Waals surface area contributed by atoms with Crippen LogP contribution in [0.15, 0.2) is 48.5 Å². The molecule has 2 rings (SSSR count). The average Bonchev–Trinajstić information content (AvgIpc) is 2.48. The lowest BCUT2D eigenvalue weighted by molar-refractivity contribution is 0.0945. The fraction of sp³-hybridized carbons (Fsp3) is 0.235. The first kappa shape index (κ1) is 15.4. The summed E-state index contributed by atoms with van der Waals surface area (Å²) in [7, 11) is 0. The summed E-state index contributed by atoms with van der Waals surface area (Å²) in [6, 6.07) is 15.0. The standard InChI is InChI=1S/C17H19ClN2O/c1-17(2,13-6-4-3-5-7-13)11-20-16(21)12-8-9-15(19)14(18)10-12/h3-10H,11,19H2,1-2H3,(H,20,21). The molecule has 0 aliphatic rings. The van der Waals surface area contributed by atoms with Crippen molar-refractivity contribution in [2.45, 2.75) is 19.3 Å². The Labute approximate surface area is 130 Å². The molecule has 0 aliphatic carbocycles. The number of nitrogen functional groups attached to an aromatic ring is 1. The number of nitrogens with one attached hydrogen (secondary N) is 1. The third-order valence-corrected chi connectivity index (χ3v) is 3.84. The number of anilines is 1. The van der Waals surface area contributed by atoms with Gasteiger partial charge in [-0.2, -0.15) is 0 Å². The number of amides is 1. The summed E-state index contributed by atoms with van der Waals surface area (Å²) in [6.45, 7) is 4.73. The Morgan fingerprint density at radius 3 is 2.48 bits per heavy atom. The Morgan fingerprint density at radius 1 is 1.19 bits per heavy atom. The zero-order valence-corrected chi connectivity index (χ0v) is 12.9. The van der Waals surface area contributed by atoms with Gasteiger partial charge in [-0.05, 0) is 23.8 Å².